The van der Waals surface area contributed by atoms with E-state index in [-0.39, 0.29) is 5.78 Å². The number of unbranched alkanes of at least 4 members (excludes halogenated alkanes) is 2. The zero-order valence-electron chi connectivity index (χ0n) is 16.0. The number of fused-ring (bicyclic) bond motifs is 2. The second-order valence-electron chi connectivity index (χ2n) is 6.86. The average Bonchev–Trinajstić information content (AvgIpc) is 2.73. The number of benzene rings is 2. The van der Waals surface area contributed by atoms with Crippen LogP contribution < -0.4 is 5.32 Å². The van der Waals surface area contributed by atoms with E-state index in [9.17, 15) is 4.79 Å². The monoisotopic (exact) mass is 375 g/mol. The number of Topliss-reactive ketones (excluding diaryl/α,β-unsaturated/α-hetero) is 1. The number of carbonyl (C=O) groups is 1. The van der Waals surface area contributed by atoms with Crippen molar-refractivity contribution in [1.82, 2.24) is 4.98 Å². The van der Waals surface area contributed by atoms with E-state index in [0.29, 0.717) is 25.8 Å². The van der Waals surface area contributed by atoms with E-state index in [1.165, 1.54) is 0 Å². The van der Waals surface area contributed by atoms with E-state index in [4.69, 9.17) is 10.5 Å². The van der Waals surface area contributed by atoms with Crippen molar-refractivity contribution in [2.75, 3.05) is 18.4 Å². The maximum Gasteiger partial charge on any atom is 0.132 e. The minimum atomic E-state index is 0.257. The molecule has 0 spiro atoms. The molecule has 0 unspecified atom stereocenters. The van der Waals surface area contributed by atoms with Crippen LogP contribution in [0.5, 0.6) is 0 Å². The molecule has 6 nitrogen and oxygen atoms in total. The highest BCUT2D eigenvalue weighted by Crippen LogP contribution is 2.30. The first-order valence-corrected chi connectivity index (χ1v) is 9.83. The zero-order valence-corrected chi connectivity index (χ0v) is 16.0. The lowest BCUT2D eigenvalue weighted by Crippen LogP contribution is -2.04. The van der Waals surface area contributed by atoms with Gasteiger partial charge in [-0.25, -0.2) is 4.98 Å². The summed E-state index contributed by atoms with van der Waals surface area (Å²) >= 11 is 0. The Bertz CT molecular complexity index is 941. The van der Waals surface area contributed by atoms with Gasteiger partial charge in [0.15, 0.2) is 0 Å². The first-order valence-electron chi connectivity index (χ1n) is 9.83. The maximum absolute atomic E-state index is 11.8. The maximum atomic E-state index is 11.8. The SMILES string of the molecule is [N-]=[N+]=NCCCC(=O)CCCCCNc1c2ccccc2nc2ccccc12. The van der Waals surface area contributed by atoms with Crippen molar-refractivity contribution < 1.29 is 4.79 Å². The topological polar surface area (TPSA) is 90.8 Å². The summed E-state index contributed by atoms with van der Waals surface area (Å²) in [5.74, 6) is 0.257. The molecule has 0 radical (unpaired) electrons. The quantitative estimate of drug-likeness (QED) is 0.146. The second-order valence-corrected chi connectivity index (χ2v) is 6.86. The third kappa shape index (κ3) is 5.21. The van der Waals surface area contributed by atoms with Crippen molar-refractivity contribution in [2.24, 2.45) is 5.11 Å². The summed E-state index contributed by atoms with van der Waals surface area (Å²) in [6, 6.07) is 16.4. The van der Waals surface area contributed by atoms with Gasteiger partial charge >= 0.3 is 0 Å². The van der Waals surface area contributed by atoms with Crippen molar-refractivity contribution in [3.05, 3.63) is 59.0 Å². The van der Waals surface area contributed by atoms with Crippen molar-refractivity contribution in [3.8, 4) is 0 Å². The van der Waals surface area contributed by atoms with Crippen molar-refractivity contribution >= 4 is 33.3 Å². The minimum Gasteiger partial charge on any atom is -0.384 e. The van der Waals surface area contributed by atoms with E-state index in [1.54, 1.807) is 0 Å². The number of ketones is 1. The summed E-state index contributed by atoms with van der Waals surface area (Å²) in [5.41, 5.74) is 11.3. The first kappa shape index (κ1) is 19.6. The molecule has 6 heteroatoms. The van der Waals surface area contributed by atoms with Gasteiger partial charge in [0.05, 0.1) is 16.7 Å². The Morgan fingerprint density at radius 1 is 0.929 bits per heavy atom. The van der Waals surface area contributed by atoms with E-state index in [2.05, 4.69) is 27.5 Å². The Kier molecular flexibility index (Phi) is 7.21. The molecule has 0 atom stereocenters. The Morgan fingerprint density at radius 2 is 1.57 bits per heavy atom. The van der Waals surface area contributed by atoms with E-state index in [0.717, 1.165) is 53.3 Å². The van der Waals surface area contributed by atoms with Gasteiger partial charge in [-0.05, 0) is 36.9 Å². The molecule has 0 amide bonds. The number of nitrogens with zero attached hydrogens (tertiary/aromatic N) is 4. The fourth-order valence-electron chi connectivity index (χ4n) is 3.38. The highest BCUT2D eigenvalue weighted by atomic mass is 16.1. The standard InChI is InChI=1S/C22H25N5O/c23-27-25-16-8-10-17(28)9-2-1-7-15-24-22-18-11-3-5-13-20(18)26-21-14-6-4-12-19(21)22/h3-6,11-14H,1-2,7-10,15-16H2,(H,24,26). The van der Waals surface area contributed by atoms with Crippen LogP contribution in [0.3, 0.4) is 0 Å². The molecule has 28 heavy (non-hydrogen) atoms. The van der Waals surface area contributed by atoms with Crippen LogP contribution in [-0.4, -0.2) is 23.9 Å². The van der Waals surface area contributed by atoms with Crippen LogP contribution in [0, 0.1) is 0 Å². The molecular weight excluding hydrogens is 350 g/mol. The van der Waals surface area contributed by atoms with Crippen LogP contribution in [-0.2, 0) is 4.79 Å². The highest BCUT2D eigenvalue weighted by molar-refractivity contribution is 6.07. The number of rotatable bonds is 11. The van der Waals surface area contributed by atoms with Gasteiger partial charge in [-0.1, -0.05) is 47.9 Å². The molecule has 1 aromatic heterocycles. The van der Waals surface area contributed by atoms with Crippen molar-refractivity contribution in [1.29, 1.82) is 0 Å². The Balaban J connectivity index is 1.50. The average molecular weight is 375 g/mol. The lowest BCUT2D eigenvalue weighted by molar-refractivity contribution is -0.119. The normalized spacial score (nSPS) is 10.7. The number of azide groups is 1. The molecule has 1 heterocycles. The Labute approximate surface area is 164 Å². The van der Waals surface area contributed by atoms with Crippen LogP contribution in [0.4, 0.5) is 5.69 Å². The molecule has 0 saturated heterocycles. The number of para-hydroxylation sites is 2. The number of carbonyl (C=O) groups excluding carboxylic acids is 1. The number of anilines is 1. The third-order valence-corrected chi connectivity index (χ3v) is 4.80. The molecular formula is C22H25N5O. The summed E-state index contributed by atoms with van der Waals surface area (Å²) < 4.78 is 0. The fraction of sp³-hybridized carbons (Fsp3) is 0.364. The second kappa shape index (κ2) is 10.3. The Morgan fingerprint density at radius 3 is 2.25 bits per heavy atom. The number of hydrogen-bond acceptors (Lipinski definition) is 4. The van der Waals surface area contributed by atoms with E-state index >= 15 is 0 Å². The summed E-state index contributed by atoms with van der Waals surface area (Å²) in [7, 11) is 0. The van der Waals surface area contributed by atoms with Crippen LogP contribution in [0.25, 0.3) is 32.2 Å². The summed E-state index contributed by atoms with van der Waals surface area (Å²) in [5, 5.41) is 9.32. The molecule has 3 rings (SSSR count). The molecule has 2 aromatic carbocycles. The van der Waals surface area contributed by atoms with Crippen LogP contribution in [0.15, 0.2) is 53.6 Å². The predicted molar refractivity (Wildman–Crippen MR) is 114 cm³/mol. The lowest BCUT2D eigenvalue weighted by atomic mass is 10.1. The van der Waals surface area contributed by atoms with Gasteiger partial charge in [-0.2, -0.15) is 0 Å². The molecule has 0 saturated carbocycles. The molecule has 0 aliphatic rings. The molecule has 3 aromatic rings. The molecule has 1 N–H and O–H groups in total. The van der Waals surface area contributed by atoms with Crippen LogP contribution in [0.2, 0.25) is 0 Å². The van der Waals surface area contributed by atoms with Crippen LogP contribution >= 0.6 is 0 Å². The predicted octanol–water partition coefficient (Wildman–Crippen LogP) is 6.02. The minimum absolute atomic E-state index is 0.257. The van der Waals surface area contributed by atoms with Gasteiger partial charge in [-0.3, -0.25) is 4.79 Å². The van der Waals surface area contributed by atoms with Gasteiger partial charge in [0.2, 0.25) is 0 Å². The summed E-state index contributed by atoms with van der Waals surface area (Å²) in [6.07, 6.45) is 4.68. The van der Waals surface area contributed by atoms with E-state index < -0.39 is 0 Å². The van der Waals surface area contributed by atoms with Gasteiger partial charge in [0.25, 0.3) is 0 Å². The smallest absolute Gasteiger partial charge is 0.132 e. The largest absolute Gasteiger partial charge is 0.384 e. The molecule has 0 bridgehead atoms. The number of hydrogen-bond donors (Lipinski definition) is 1. The highest BCUT2D eigenvalue weighted by Gasteiger charge is 2.08. The number of pyridine rings is 1. The van der Waals surface area contributed by atoms with Gasteiger partial charge in [0.1, 0.15) is 5.78 Å². The first-order chi connectivity index (χ1) is 13.8. The van der Waals surface area contributed by atoms with Gasteiger partial charge in [-0.15, -0.1) is 0 Å². The van der Waals surface area contributed by atoms with Crippen molar-refractivity contribution in [2.45, 2.75) is 38.5 Å². The zero-order chi connectivity index (χ0) is 19.6. The molecule has 0 aliphatic heterocycles. The van der Waals surface area contributed by atoms with Gasteiger partial charge in [0, 0.05) is 41.6 Å². The number of aromatic nitrogens is 1. The van der Waals surface area contributed by atoms with E-state index in [1.807, 2.05) is 36.4 Å². The molecule has 144 valence electrons. The summed E-state index contributed by atoms with van der Waals surface area (Å²) in [4.78, 5) is 19.2. The fourth-order valence-corrected chi connectivity index (χ4v) is 3.38. The summed E-state index contributed by atoms with van der Waals surface area (Å²) in [6.45, 7) is 1.27. The molecule has 0 aliphatic carbocycles. The third-order valence-electron chi connectivity index (χ3n) is 4.80. The van der Waals surface area contributed by atoms with Crippen LogP contribution in [0.1, 0.15) is 38.5 Å². The number of nitrogens with one attached hydrogen (secondary N) is 1. The Hall–Kier alpha value is -3.11. The van der Waals surface area contributed by atoms with Crippen molar-refractivity contribution in [3.63, 3.8) is 0 Å². The lowest BCUT2D eigenvalue weighted by Gasteiger charge is -2.13. The van der Waals surface area contributed by atoms with Gasteiger partial charge < -0.3 is 5.32 Å². The molecule has 0 fully saturated rings.